The third-order valence-electron chi connectivity index (χ3n) is 3.80. The first-order chi connectivity index (χ1) is 11.1. The Morgan fingerprint density at radius 1 is 1.04 bits per heavy atom. The lowest BCUT2D eigenvalue weighted by molar-refractivity contribution is 0.0418. The molecule has 0 aromatic heterocycles. The van der Waals surface area contributed by atoms with Gasteiger partial charge in [0, 0.05) is 6.54 Å². The summed E-state index contributed by atoms with van der Waals surface area (Å²) in [5, 5.41) is 20.4. The summed E-state index contributed by atoms with van der Waals surface area (Å²) in [6, 6.07) is 19.2. The lowest BCUT2D eigenvalue weighted by Gasteiger charge is -2.28. The molecule has 120 valence electrons. The van der Waals surface area contributed by atoms with Crippen LogP contribution in [0.5, 0.6) is 0 Å². The van der Waals surface area contributed by atoms with Gasteiger partial charge in [0.1, 0.15) is 0 Å². The number of nitriles is 1. The smallest absolute Gasteiger partial charge is 0.0991 e. The number of benzene rings is 2. The van der Waals surface area contributed by atoms with Gasteiger partial charge in [-0.05, 0) is 36.1 Å². The summed E-state index contributed by atoms with van der Waals surface area (Å²) in [7, 11) is 0. The van der Waals surface area contributed by atoms with E-state index in [0.29, 0.717) is 18.5 Å². The summed E-state index contributed by atoms with van der Waals surface area (Å²) >= 11 is 0. The number of aryl methyl sites for hydroxylation is 1. The number of hydrogen-bond donors (Lipinski definition) is 3. The van der Waals surface area contributed by atoms with E-state index in [1.165, 1.54) is 5.01 Å². The van der Waals surface area contributed by atoms with E-state index in [4.69, 9.17) is 16.8 Å². The minimum absolute atomic E-state index is 0.412. The molecule has 5 nitrogen and oxygen atoms in total. The van der Waals surface area contributed by atoms with Crippen LogP contribution in [0.2, 0.25) is 0 Å². The SMILES string of the molecule is N#Cc1ccc(CN(N)[C@H](N)[C@@H](O)CCc2ccccc2)cc1. The van der Waals surface area contributed by atoms with Crippen LogP contribution in [0, 0.1) is 11.3 Å². The van der Waals surface area contributed by atoms with Crippen molar-refractivity contribution < 1.29 is 5.11 Å². The molecule has 0 spiro atoms. The summed E-state index contributed by atoms with van der Waals surface area (Å²) < 4.78 is 0. The molecule has 0 fully saturated rings. The predicted molar refractivity (Wildman–Crippen MR) is 89.6 cm³/mol. The van der Waals surface area contributed by atoms with E-state index >= 15 is 0 Å². The summed E-state index contributed by atoms with van der Waals surface area (Å²) in [6.07, 6.45) is -0.0555. The highest BCUT2D eigenvalue weighted by Gasteiger charge is 2.20. The maximum Gasteiger partial charge on any atom is 0.0991 e. The van der Waals surface area contributed by atoms with Crippen molar-refractivity contribution in [2.24, 2.45) is 11.6 Å². The van der Waals surface area contributed by atoms with Gasteiger partial charge in [0.25, 0.3) is 0 Å². The fourth-order valence-electron chi connectivity index (χ4n) is 2.35. The summed E-state index contributed by atoms with van der Waals surface area (Å²) in [5.74, 6) is 5.97. The van der Waals surface area contributed by atoms with E-state index < -0.39 is 12.3 Å². The minimum atomic E-state index is -0.710. The molecule has 0 aliphatic rings. The van der Waals surface area contributed by atoms with Crippen LogP contribution in [0.4, 0.5) is 0 Å². The van der Waals surface area contributed by atoms with Crippen molar-refractivity contribution in [2.75, 3.05) is 0 Å². The Morgan fingerprint density at radius 2 is 1.70 bits per heavy atom. The largest absolute Gasteiger partial charge is 0.390 e. The van der Waals surface area contributed by atoms with Crippen molar-refractivity contribution in [2.45, 2.75) is 31.7 Å². The summed E-state index contributed by atoms with van der Waals surface area (Å²) in [5.41, 5.74) is 8.73. The van der Waals surface area contributed by atoms with Gasteiger partial charge in [-0.15, -0.1) is 0 Å². The predicted octanol–water partition coefficient (Wildman–Crippen LogP) is 1.51. The van der Waals surface area contributed by atoms with E-state index in [1.54, 1.807) is 12.1 Å². The Hall–Kier alpha value is -2.23. The third-order valence-corrected chi connectivity index (χ3v) is 3.80. The molecule has 0 heterocycles. The molecule has 5 heteroatoms. The lowest BCUT2D eigenvalue weighted by Crippen LogP contribution is -2.53. The van der Waals surface area contributed by atoms with Crippen LogP contribution >= 0.6 is 0 Å². The second kappa shape index (κ2) is 8.42. The van der Waals surface area contributed by atoms with E-state index in [2.05, 4.69) is 6.07 Å². The summed E-state index contributed by atoms with van der Waals surface area (Å²) in [4.78, 5) is 0. The Bertz CT molecular complexity index is 636. The molecule has 0 bridgehead atoms. The zero-order valence-corrected chi connectivity index (χ0v) is 13.0. The quantitative estimate of drug-likeness (QED) is 0.409. The molecule has 2 atom stereocenters. The molecule has 0 amide bonds. The first kappa shape index (κ1) is 17.1. The van der Waals surface area contributed by atoms with Crippen LogP contribution in [0.15, 0.2) is 54.6 Å². The first-order valence-electron chi connectivity index (χ1n) is 7.58. The zero-order valence-electron chi connectivity index (χ0n) is 13.0. The van der Waals surface area contributed by atoms with Crippen molar-refractivity contribution in [3.63, 3.8) is 0 Å². The number of nitrogens with zero attached hydrogens (tertiary/aromatic N) is 2. The molecule has 0 aliphatic carbocycles. The molecule has 2 aromatic carbocycles. The van der Waals surface area contributed by atoms with Crippen LogP contribution in [-0.2, 0) is 13.0 Å². The average Bonchev–Trinajstić information content (AvgIpc) is 2.60. The van der Waals surface area contributed by atoms with E-state index in [-0.39, 0.29) is 0 Å². The molecular formula is C18H22N4O. The fourth-order valence-corrected chi connectivity index (χ4v) is 2.35. The van der Waals surface area contributed by atoms with Crippen molar-refractivity contribution >= 4 is 0 Å². The Morgan fingerprint density at radius 3 is 2.30 bits per heavy atom. The van der Waals surface area contributed by atoms with Gasteiger partial charge in [-0.1, -0.05) is 42.5 Å². The van der Waals surface area contributed by atoms with Gasteiger partial charge in [0.15, 0.2) is 0 Å². The van der Waals surface area contributed by atoms with Gasteiger partial charge < -0.3 is 10.8 Å². The van der Waals surface area contributed by atoms with Crippen LogP contribution in [-0.4, -0.2) is 22.4 Å². The van der Waals surface area contributed by atoms with Crippen LogP contribution in [0.25, 0.3) is 0 Å². The van der Waals surface area contributed by atoms with Gasteiger partial charge in [-0.25, -0.2) is 5.01 Å². The summed E-state index contributed by atoms with van der Waals surface area (Å²) in [6.45, 7) is 0.412. The molecular weight excluding hydrogens is 288 g/mol. The maximum atomic E-state index is 10.2. The van der Waals surface area contributed by atoms with E-state index in [0.717, 1.165) is 17.5 Å². The van der Waals surface area contributed by atoms with Crippen molar-refractivity contribution in [3.8, 4) is 6.07 Å². The van der Waals surface area contributed by atoms with Gasteiger partial charge in [-0.2, -0.15) is 5.26 Å². The molecule has 5 N–H and O–H groups in total. The minimum Gasteiger partial charge on any atom is -0.390 e. The number of aliphatic hydroxyl groups excluding tert-OH is 1. The van der Waals surface area contributed by atoms with Crippen LogP contribution < -0.4 is 11.6 Å². The zero-order chi connectivity index (χ0) is 16.7. The normalized spacial score (nSPS) is 13.5. The van der Waals surface area contributed by atoms with Gasteiger partial charge in [0.2, 0.25) is 0 Å². The monoisotopic (exact) mass is 310 g/mol. The van der Waals surface area contributed by atoms with Gasteiger partial charge >= 0.3 is 0 Å². The lowest BCUT2D eigenvalue weighted by atomic mass is 10.0. The molecule has 23 heavy (non-hydrogen) atoms. The molecule has 2 aromatic rings. The maximum absolute atomic E-state index is 10.2. The average molecular weight is 310 g/mol. The molecule has 0 saturated heterocycles. The second-order valence-electron chi connectivity index (χ2n) is 5.56. The third kappa shape index (κ3) is 5.16. The number of nitrogens with two attached hydrogens (primary N) is 2. The Balaban J connectivity index is 1.85. The van der Waals surface area contributed by atoms with Gasteiger partial charge in [-0.3, -0.25) is 5.84 Å². The topological polar surface area (TPSA) is 99.3 Å². The van der Waals surface area contributed by atoms with Crippen LogP contribution in [0.3, 0.4) is 0 Å². The first-order valence-corrected chi connectivity index (χ1v) is 7.58. The number of aliphatic hydroxyl groups is 1. The number of rotatable bonds is 7. The molecule has 0 saturated carbocycles. The molecule has 0 aliphatic heterocycles. The van der Waals surface area contributed by atoms with Crippen molar-refractivity contribution in [1.29, 1.82) is 5.26 Å². The van der Waals surface area contributed by atoms with Crippen molar-refractivity contribution in [1.82, 2.24) is 5.01 Å². The highest BCUT2D eigenvalue weighted by Crippen LogP contribution is 2.10. The molecule has 0 unspecified atom stereocenters. The fraction of sp³-hybridized carbons (Fsp3) is 0.278. The van der Waals surface area contributed by atoms with E-state index in [1.807, 2.05) is 42.5 Å². The Labute approximate surface area is 136 Å². The molecule has 0 radical (unpaired) electrons. The highest BCUT2D eigenvalue weighted by atomic mass is 16.3. The number of hydrazine groups is 1. The standard InChI is InChI=1S/C18H22N4O/c19-12-15-6-8-16(9-7-15)13-22(21)18(20)17(23)11-10-14-4-2-1-3-5-14/h1-9,17-18,23H,10-11,13,20-21H2/t17-,18-/m0/s1. The van der Waals surface area contributed by atoms with Crippen molar-refractivity contribution in [3.05, 3.63) is 71.3 Å². The van der Waals surface area contributed by atoms with Crippen LogP contribution in [0.1, 0.15) is 23.1 Å². The highest BCUT2D eigenvalue weighted by molar-refractivity contribution is 5.31. The Kier molecular flexibility index (Phi) is 6.27. The van der Waals surface area contributed by atoms with Gasteiger partial charge in [0.05, 0.1) is 23.9 Å². The van der Waals surface area contributed by atoms with E-state index in [9.17, 15) is 5.11 Å². The molecule has 2 rings (SSSR count). The number of hydrogen-bond acceptors (Lipinski definition) is 5. The second-order valence-corrected chi connectivity index (χ2v) is 5.56.